The molecule has 0 spiro atoms. The summed E-state index contributed by atoms with van der Waals surface area (Å²) >= 11 is 0. The molecule has 1 fully saturated rings. The van der Waals surface area contributed by atoms with E-state index in [1.807, 2.05) is 0 Å². The molecular formula is C22H19F3N4O5. The van der Waals surface area contributed by atoms with Crippen molar-refractivity contribution in [2.75, 3.05) is 26.2 Å². The van der Waals surface area contributed by atoms with Gasteiger partial charge in [-0.25, -0.2) is 14.8 Å². The summed E-state index contributed by atoms with van der Waals surface area (Å²) in [6.07, 6.45) is -4.95. The SMILES string of the molecule is O=C(c1ccc2cc(Oc3ccc(C(F)(F)F)cn3)ccc2n1)N1CCN(C(=O)O)[C@@H](CO)C1. The zero-order valence-electron chi connectivity index (χ0n) is 17.6. The van der Waals surface area contributed by atoms with E-state index >= 15 is 0 Å². The molecule has 1 atom stereocenters. The molecule has 12 heteroatoms. The maximum Gasteiger partial charge on any atom is 0.417 e. The smallest absolute Gasteiger partial charge is 0.417 e. The summed E-state index contributed by atoms with van der Waals surface area (Å²) in [5.41, 5.74) is -0.234. The lowest BCUT2D eigenvalue weighted by molar-refractivity contribution is -0.137. The Morgan fingerprint density at radius 2 is 1.91 bits per heavy atom. The van der Waals surface area contributed by atoms with Gasteiger partial charge in [-0.1, -0.05) is 6.07 Å². The first-order valence-electron chi connectivity index (χ1n) is 10.2. The number of amides is 2. The van der Waals surface area contributed by atoms with Gasteiger partial charge in [0, 0.05) is 37.3 Å². The molecule has 0 radical (unpaired) electrons. The van der Waals surface area contributed by atoms with Crippen molar-refractivity contribution in [3.63, 3.8) is 0 Å². The minimum absolute atomic E-state index is 0.00829. The van der Waals surface area contributed by atoms with Crippen LogP contribution in [0.4, 0.5) is 18.0 Å². The highest BCUT2D eigenvalue weighted by molar-refractivity contribution is 5.95. The van der Waals surface area contributed by atoms with Crippen LogP contribution in [-0.4, -0.2) is 74.3 Å². The third kappa shape index (κ3) is 4.86. The van der Waals surface area contributed by atoms with Crippen molar-refractivity contribution in [2.45, 2.75) is 12.2 Å². The molecule has 0 aliphatic carbocycles. The molecular weight excluding hydrogens is 457 g/mol. The maximum absolute atomic E-state index is 12.9. The van der Waals surface area contributed by atoms with Crippen molar-refractivity contribution in [1.82, 2.24) is 19.8 Å². The average molecular weight is 476 g/mol. The van der Waals surface area contributed by atoms with Gasteiger partial charge in [0.05, 0.1) is 23.7 Å². The van der Waals surface area contributed by atoms with Crippen LogP contribution < -0.4 is 4.74 Å². The molecule has 0 bridgehead atoms. The second-order valence-corrected chi connectivity index (χ2v) is 7.60. The topological polar surface area (TPSA) is 116 Å². The molecule has 2 aromatic heterocycles. The van der Waals surface area contributed by atoms with Crippen molar-refractivity contribution in [1.29, 1.82) is 0 Å². The number of fused-ring (bicyclic) bond motifs is 1. The lowest BCUT2D eigenvalue weighted by atomic mass is 10.1. The Kier molecular flexibility index (Phi) is 6.24. The highest BCUT2D eigenvalue weighted by Gasteiger charge is 2.33. The Hall–Kier alpha value is -3.93. The number of halogens is 3. The molecule has 9 nitrogen and oxygen atoms in total. The summed E-state index contributed by atoms with van der Waals surface area (Å²) in [7, 11) is 0. The minimum atomic E-state index is -4.49. The van der Waals surface area contributed by atoms with Crippen LogP contribution in [0.5, 0.6) is 11.6 Å². The van der Waals surface area contributed by atoms with Gasteiger partial charge in [0.15, 0.2) is 0 Å². The fourth-order valence-electron chi connectivity index (χ4n) is 3.63. The van der Waals surface area contributed by atoms with Gasteiger partial charge in [-0.2, -0.15) is 13.2 Å². The van der Waals surface area contributed by atoms with Gasteiger partial charge >= 0.3 is 12.3 Å². The summed E-state index contributed by atoms with van der Waals surface area (Å²) in [6, 6.07) is 9.22. The minimum Gasteiger partial charge on any atom is -0.465 e. The van der Waals surface area contributed by atoms with E-state index in [9.17, 15) is 33.0 Å². The average Bonchev–Trinajstić information content (AvgIpc) is 2.82. The summed E-state index contributed by atoms with van der Waals surface area (Å²) in [5.74, 6) is -0.0677. The van der Waals surface area contributed by atoms with Gasteiger partial charge < -0.3 is 19.8 Å². The van der Waals surface area contributed by atoms with Crippen LogP contribution in [0, 0.1) is 0 Å². The van der Waals surface area contributed by atoms with Crippen molar-refractivity contribution in [3.8, 4) is 11.6 Å². The maximum atomic E-state index is 12.9. The van der Waals surface area contributed by atoms with E-state index in [0.29, 0.717) is 22.8 Å². The van der Waals surface area contributed by atoms with Gasteiger partial charge in [0.25, 0.3) is 5.91 Å². The Bertz CT molecular complexity index is 1220. The van der Waals surface area contributed by atoms with Crippen LogP contribution in [0.2, 0.25) is 0 Å². The first kappa shape index (κ1) is 23.2. The number of alkyl halides is 3. The number of aliphatic hydroxyl groups is 1. The van der Waals surface area contributed by atoms with Crippen molar-refractivity contribution in [2.24, 2.45) is 0 Å². The van der Waals surface area contributed by atoms with Crippen LogP contribution in [0.1, 0.15) is 16.1 Å². The van der Waals surface area contributed by atoms with E-state index in [1.54, 1.807) is 24.3 Å². The quantitative estimate of drug-likeness (QED) is 0.594. The first-order valence-corrected chi connectivity index (χ1v) is 10.2. The molecule has 1 saturated heterocycles. The predicted molar refractivity (Wildman–Crippen MR) is 113 cm³/mol. The summed E-state index contributed by atoms with van der Waals surface area (Å²) in [5, 5.41) is 19.3. The van der Waals surface area contributed by atoms with Crippen LogP contribution in [-0.2, 0) is 6.18 Å². The van der Waals surface area contributed by atoms with E-state index in [-0.39, 0.29) is 37.1 Å². The highest BCUT2D eigenvalue weighted by atomic mass is 19.4. The molecule has 178 valence electrons. The number of aromatic nitrogens is 2. The number of hydrogen-bond donors (Lipinski definition) is 2. The summed E-state index contributed by atoms with van der Waals surface area (Å²) in [6.45, 7) is -0.0983. The van der Waals surface area contributed by atoms with Crippen molar-refractivity contribution in [3.05, 3.63) is 59.9 Å². The van der Waals surface area contributed by atoms with E-state index < -0.39 is 30.5 Å². The lowest BCUT2D eigenvalue weighted by Crippen LogP contribution is -2.57. The monoisotopic (exact) mass is 476 g/mol. The molecule has 2 N–H and O–H groups in total. The van der Waals surface area contributed by atoms with Gasteiger partial charge in [-0.15, -0.1) is 0 Å². The number of carbonyl (C=O) groups excluding carboxylic acids is 1. The molecule has 0 saturated carbocycles. The zero-order chi connectivity index (χ0) is 24.5. The standard InChI is InChI=1S/C22H19F3N4O5/c23-22(24,25)14-2-6-19(26-10-14)34-16-3-5-17-13(9-16)1-4-18(27-17)20(31)28-7-8-29(21(32)33)15(11-28)12-30/h1-6,9-10,15,30H,7-8,11-12H2,(H,32,33)/t15-/m1/s1. The molecule has 34 heavy (non-hydrogen) atoms. The number of ether oxygens (including phenoxy) is 1. The number of hydrogen-bond acceptors (Lipinski definition) is 6. The van der Waals surface area contributed by atoms with E-state index in [2.05, 4.69) is 9.97 Å². The van der Waals surface area contributed by atoms with E-state index in [0.717, 1.165) is 17.0 Å². The Morgan fingerprint density at radius 3 is 2.56 bits per heavy atom. The lowest BCUT2D eigenvalue weighted by Gasteiger charge is -2.38. The fourth-order valence-corrected chi connectivity index (χ4v) is 3.63. The van der Waals surface area contributed by atoms with Gasteiger partial charge in [0.2, 0.25) is 5.88 Å². The Labute approximate surface area is 191 Å². The van der Waals surface area contributed by atoms with Crippen LogP contribution in [0.3, 0.4) is 0 Å². The Morgan fingerprint density at radius 1 is 1.12 bits per heavy atom. The predicted octanol–water partition coefficient (Wildman–Crippen LogP) is 3.24. The number of pyridine rings is 2. The molecule has 1 aliphatic rings. The normalized spacial score (nSPS) is 16.5. The third-order valence-corrected chi connectivity index (χ3v) is 5.39. The second-order valence-electron chi connectivity index (χ2n) is 7.60. The number of nitrogens with zero attached hydrogens (tertiary/aromatic N) is 4. The molecule has 3 aromatic rings. The summed E-state index contributed by atoms with van der Waals surface area (Å²) < 4.78 is 43.5. The van der Waals surface area contributed by atoms with Crippen molar-refractivity contribution >= 4 is 22.9 Å². The van der Waals surface area contributed by atoms with Gasteiger partial charge in [-0.05, 0) is 30.3 Å². The molecule has 1 aromatic carbocycles. The third-order valence-electron chi connectivity index (χ3n) is 5.39. The number of benzene rings is 1. The molecule has 3 heterocycles. The Balaban J connectivity index is 1.48. The van der Waals surface area contributed by atoms with E-state index in [4.69, 9.17) is 4.74 Å². The summed E-state index contributed by atoms with van der Waals surface area (Å²) in [4.78, 5) is 34.7. The van der Waals surface area contributed by atoms with Crippen LogP contribution >= 0.6 is 0 Å². The number of piperazine rings is 1. The van der Waals surface area contributed by atoms with Crippen LogP contribution in [0.25, 0.3) is 10.9 Å². The molecule has 2 amide bonds. The largest absolute Gasteiger partial charge is 0.465 e. The number of aliphatic hydroxyl groups excluding tert-OH is 1. The van der Waals surface area contributed by atoms with E-state index in [1.165, 1.54) is 11.0 Å². The van der Waals surface area contributed by atoms with Gasteiger partial charge in [-0.3, -0.25) is 9.69 Å². The molecule has 1 aliphatic heterocycles. The molecule has 4 rings (SSSR count). The number of carbonyl (C=O) groups is 2. The second kappa shape index (κ2) is 9.14. The molecule has 0 unspecified atom stereocenters. The number of rotatable bonds is 4. The first-order chi connectivity index (χ1) is 16.2. The number of carboxylic acid groups (broad SMARTS) is 1. The highest BCUT2D eigenvalue weighted by Crippen LogP contribution is 2.30. The van der Waals surface area contributed by atoms with Crippen LogP contribution in [0.15, 0.2) is 48.7 Å². The zero-order valence-corrected chi connectivity index (χ0v) is 17.6. The fraction of sp³-hybridized carbons (Fsp3) is 0.273. The van der Waals surface area contributed by atoms with Crippen molar-refractivity contribution < 1.29 is 37.7 Å². The van der Waals surface area contributed by atoms with Gasteiger partial charge in [0.1, 0.15) is 11.4 Å².